The summed E-state index contributed by atoms with van der Waals surface area (Å²) in [6.45, 7) is 9.37. The molecule has 0 radical (unpaired) electrons. The van der Waals surface area contributed by atoms with Crippen LogP contribution in [0, 0.1) is 27.7 Å². The Kier molecular flexibility index (Phi) is 10.1. The van der Waals surface area contributed by atoms with Crippen LogP contribution in [0.1, 0.15) is 45.6 Å². The number of hydrogen-bond donors (Lipinski definition) is 4. The number of unbranched alkanes of at least 4 members (excludes halogenated alkanes) is 1. The van der Waals surface area contributed by atoms with Gasteiger partial charge in [-0.1, -0.05) is 23.8 Å². The number of aromatic amines is 3. The van der Waals surface area contributed by atoms with Crippen molar-refractivity contribution in [3.63, 3.8) is 0 Å². The van der Waals surface area contributed by atoms with Crippen LogP contribution < -0.4 is 10.1 Å². The average Bonchev–Trinajstić information content (AvgIpc) is 3.81. The van der Waals surface area contributed by atoms with Crippen LogP contribution in [0.2, 0.25) is 0 Å². The van der Waals surface area contributed by atoms with Gasteiger partial charge in [0.05, 0.1) is 36.0 Å². The Hall–Kier alpha value is -5.65. The summed E-state index contributed by atoms with van der Waals surface area (Å²) in [7, 11) is 0. The highest BCUT2D eigenvalue weighted by molar-refractivity contribution is 5.97. The molecule has 0 saturated carbocycles. The first-order valence-electron chi connectivity index (χ1n) is 14.7. The largest absolute Gasteiger partial charge is 0.493 e. The predicted octanol–water partition coefficient (Wildman–Crippen LogP) is 5.70. The van der Waals surface area contributed by atoms with Crippen LogP contribution >= 0.6 is 0 Å². The normalized spacial score (nSPS) is 10.7. The molecule has 0 aliphatic rings. The number of aryl methyl sites for hydroxylation is 4. The maximum absolute atomic E-state index is 12.1. The minimum absolute atomic E-state index is 0.0970. The Morgan fingerprint density at radius 1 is 0.778 bits per heavy atom. The molecule has 4 heterocycles. The number of H-pyrrole nitrogens is 3. The average molecular weight is 605 g/mol. The van der Waals surface area contributed by atoms with Crippen LogP contribution in [0.15, 0.2) is 73.6 Å². The molecule has 0 saturated heterocycles. The lowest BCUT2D eigenvalue weighted by Gasteiger charge is -2.10. The van der Waals surface area contributed by atoms with Gasteiger partial charge >= 0.3 is 0 Å². The van der Waals surface area contributed by atoms with E-state index in [1.165, 1.54) is 17.5 Å². The summed E-state index contributed by atoms with van der Waals surface area (Å²) in [5.41, 5.74) is 10.4. The van der Waals surface area contributed by atoms with Crippen LogP contribution in [-0.2, 0) is 0 Å². The molecular weight excluding hydrogens is 568 g/mol. The van der Waals surface area contributed by atoms with Crippen molar-refractivity contribution in [2.75, 3.05) is 13.2 Å². The van der Waals surface area contributed by atoms with Crippen LogP contribution in [0.5, 0.6) is 5.75 Å². The van der Waals surface area contributed by atoms with Crippen molar-refractivity contribution < 1.29 is 9.53 Å². The molecule has 0 fully saturated rings. The van der Waals surface area contributed by atoms with Gasteiger partial charge in [-0.15, -0.1) is 0 Å². The quantitative estimate of drug-likeness (QED) is 0.168. The molecule has 45 heavy (non-hydrogen) atoms. The lowest BCUT2D eigenvalue weighted by molar-refractivity contribution is 0.0952. The second kappa shape index (κ2) is 14.7. The number of hydrogen-bond acceptors (Lipinski definition) is 8. The highest BCUT2D eigenvalue weighted by atomic mass is 16.5. The smallest absolute Gasteiger partial charge is 0.251 e. The van der Waals surface area contributed by atoms with Crippen molar-refractivity contribution in [3.05, 3.63) is 102 Å². The molecule has 12 nitrogen and oxygen atoms in total. The SMILES string of the molecule is Cc1ccc(OCCCCNC(=O)c2ccc3n[nH]nc3c2)c(C)c1.Cc1ccc2nc[nH]c2c1.Cc1ncnc2nc[nH]c12. The summed E-state index contributed by atoms with van der Waals surface area (Å²) >= 11 is 0. The molecule has 7 rings (SSSR count). The molecule has 4 N–H and O–H groups in total. The maximum Gasteiger partial charge on any atom is 0.251 e. The van der Waals surface area contributed by atoms with E-state index < -0.39 is 0 Å². The van der Waals surface area contributed by atoms with E-state index in [-0.39, 0.29) is 5.91 Å². The zero-order valence-corrected chi connectivity index (χ0v) is 25.8. The first-order chi connectivity index (χ1) is 21.9. The number of ether oxygens (including phenoxy) is 1. The third-order valence-electron chi connectivity index (χ3n) is 7.01. The lowest BCUT2D eigenvalue weighted by Crippen LogP contribution is -2.24. The summed E-state index contributed by atoms with van der Waals surface area (Å²) in [5.74, 6) is 0.829. The van der Waals surface area contributed by atoms with E-state index in [1.807, 2.05) is 32.0 Å². The van der Waals surface area contributed by atoms with Gasteiger partial charge in [0, 0.05) is 12.1 Å². The fourth-order valence-corrected chi connectivity index (χ4v) is 4.59. The molecule has 230 valence electrons. The molecule has 0 spiro atoms. The Morgan fingerprint density at radius 3 is 2.40 bits per heavy atom. The number of carbonyl (C=O) groups is 1. The molecule has 0 bridgehead atoms. The second-order valence-corrected chi connectivity index (χ2v) is 10.6. The van der Waals surface area contributed by atoms with Gasteiger partial charge in [-0.3, -0.25) is 4.79 Å². The molecular formula is C33H36N10O2. The van der Waals surface area contributed by atoms with Gasteiger partial charge in [-0.2, -0.15) is 15.4 Å². The molecule has 0 atom stereocenters. The Morgan fingerprint density at radius 2 is 1.56 bits per heavy atom. The van der Waals surface area contributed by atoms with Gasteiger partial charge in [0.15, 0.2) is 5.65 Å². The van der Waals surface area contributed by atoms with E-state index in [9.17, 15) is 4.79 Å². The van der Waals surface area contributed by atoms with Gasteiger partial charge < -0.3 is 20.0 Å². The molecule has 0 aliphatic heterocycles. The Bertz CT molecular complexity index is 2010. The Balaban J connectivity index is 0.000000162. The summed E-state index contributed by atoms with van der Waals surface area (Å²) in [4.78, 5) is 34.2. The highest BCUT2D eigenvalue weighted by Gasteiger charge is 2.07. The summed E-state index contributed by atoms with van der Waals surface area (Å²) in [6, 6.07) is 17.6. The van der Waals surface area contributed by atoms with Gasteiger partial charge in [-0.05, 0) is 88.1 Å². The number of aromatic nitrogens is 9. The molecule has 7 aromatic rings. The van der Waals surface area contributed by atoms with Crippen LogP contribution in [-0.4, -0.2) is 64.4 Å². The summed E-state index contributed by atoms with van der Waals surface area (Å²) in [6.07, 6.45) is 6.59. The minimum atomic E-state index is -0.0970. The summed E-state index contributed by atoms with van der Waals surface area (Å²) in [5, 5.41) is 13.4. The van der Waals surface area contributed by atoms with Crippen molar-refractivity contribution in [1.82, 2.24) is 50.6 Å². The van der Waals surface area contributed by atoms with Gasteiger partial charge in [0.25, 0.3) is 5.91 Å². The van der Waals surface area contributed by atoms with Crippen molar-refractivity contribution in [2.45, 2.75) is 40.5 Å². The van der Waals surface area contributed by atoms with Crippen molar-refractivity contribution in [2.24, 2.45) is 0 Å². The van der Waals surface area contributed by atoms with Gasteiger partial charge in [0.2, 0.25) is 0 Å². The van der Waals surface area contributed by atoms with Crippen LogP contribution in [0.25, 0.3) is 33.2 Å². The monoisotopic (exact) mass is 604 g/mol. The molecule has 0 aliphatic carbocycles. The van der Waals surface area contributed by atoms with E-state index in [0.29, 0.717) is 24.2 Å². The van der Waals surface area contributed by atoms with Crippen molar-refractivity contribution in [1.29, 1.82) is 0 Å². The number of rotatable bonds is 7. The first kappa shape index (κ1) is 30.8. The van der Waals surface area contributed by atoms with Gasteiger partial charge in [-0.25, -0.2) is 19.9 Å². The lowest BCUT2D eigenvalue weighted by atomic mass is 10.1. The van der Waals surface area contributed by atoms with E-state index >= 15 is 0 Å². The highest BCUT2D eigenvalue weighted by Crippen LogP contribution is 2.19. The van der Waals surface area contributed by atoms with E-state index in [1.54, 1.807) is 30.9 Å². The number of fused-ring (bicyclic) bond motifs is 3. The molecule has 3 aromatic carbocycles. The van der Waals surface area contributed by atoms with E-state index in [2.05, 4.69) is 82.7 Å². The first-order valence-corrected chi connectivity index (χ1v) is 14.7. The zero-order chi connectivity index (χ0) is 31.6. The predicted molar refractivity (Wildman–Crippen MR) is 174 cm³/mol. The van der Waals surface area contributed by atoms with Crippen molar-refractivity contribution >= 4 is 39.1 Å². The third kappa shape index (κ3) is 8.25. The van der Waals surface area contributed by atoms with Crippen molar-refractivity contribution in [3.8, 4) is 5.75 Å². The van der Waals surface area contributed by atoms with Crippen LogP contribution in [0.4, 0.5) is 0 Å². The molecule has 12 heteroatoms. The number of nitrogens with zero attached hydrogens (tertiary/aromatic N) is 6. The number of nitrogens with one attached hydrogen (secondary N) is 4. The minimum Gasteiger partial charge on any atom is -0.493 e. The summed E-state index contributed by atoms with van der Waals surface area (Å²) < 4.78 is 5.79. The molecule has 0 unspecified atom stereocenters. The third-order valence-corrected chi connectivity index (χ3v) is 7.01. The van der Waals surface area contributed by atoms with E-state index in [4.69, 9.17) is 4.74 Å². The molecule has 1 amide bonds. The Labute approximate surface area is 260 Å². The van der Waals surface area contributed by atoms with Gasteiger partial charge in [0.1, 0.15) is 28.6 Å². The second-order valence-electron chi connectivity index (χ2n) is 10.6. The fraction of sp³-hybridized carbons (Fsp3) is 0.242. The number of carbonyl (C=O) groups excluding carboxylic acids is 1. The molecule has 4 aromatic heterocycles. The standard InChI is InChI=1S/C19H22N4O2.C8H8N2.C6H6N4/c1-13-5-8-18(14(2)11-13)25-10-4-3-9-20-19(24)15-6-7-16-17(12-15)22-23-21-16;1-6-2-3-7-8(4-6)10-5-9-7;1-4-5-6(9-2-7-4)10-3-8-5/h5-8,11-12H,3-4,9-10H2,1-2H3,(H,20,24)(H,21,22,23);2-5H,1H3,(H,9,10);2-3H,1H3,(H,7,8,9,10). The number of imidazole rings is 2. The number of benzene rings is 3. The zero-order valence-electron chi connectivity index (χ0n) is 25.8. The topological polar surface area (TPSA) is 163 Å². The van der Waals surface area contributed by atoms with E-state index in [0.717, 1.165) is 57.6 Å². The fourth-order valence-electron chi connectivity index (χ4n) is 4.59. The maximum atomic E-state index is 12.1. The van der Waals surface area contributed by atoms with Crippen LogP contribution in [0.3, 0.4) is 0 Å². The number of amides is 1.